The number of allylic oxidation sites excluding steroid dienone is 1. The summed E-state index contributed by atoms with van der Waals surface area (Å²) in [5, 5.41) is 0. The molecule has 0 radical (unpaired) electrons. The topological polar surface area (TPSA) is 43.6 Å². The van der Waals surface area contributed by atoms with E-state index in [0.717, 1.165) is 45.3 Å². The van der Waals surface area contributed by atoms with E-state index >= 15 is 0 Å². The first-order chi connectivity index (χ1) is 18.0. The van der Waals surface area contributed by atoms with Crippen LogP contribution in [0.5, 0.6) is 5.75 Å². The molecule has 1 aliphatic carbocycles. The number of halogens is 2. The van der Waals surface area contributed by atoms with Crippen LogP contribution in [-0.2, 0) is 6.42 Å². The number of hydrogen-bond donors (Lipinski definition) is 0. The lowest BCUT2D eigenvalue weighted by Gasteiger charge is -2.30. The van der Waals surface area contributed by atoms with E-state index in [1.54, 1.807) is 22.8 Å². The molecule has 6 rings (SSSR count). The van der Waals surface area contributed by atoms with E-state index in [9.17, 15) is 9.18 Å². The molecule has 0 fully saturated rings. The molecule has 184 valence electrons. The van der Waals surface area contributed by atoms with Crippen molar-refractivity contribution in [3.63, 3.8) is 0 Å². The van der Waals surface area contributed by atoms with Gasteiger partial charge in [-0.3, -0.25) is 9.36 Å². The first-order valence-corrected chi connectivity index (χ1v) is 13.6. The van der Waals surface area contributed by atoms with E-state index in [1.807, 2.05) is 36.4 Å². The Kier molecular flexibility index (Phi) is 6.26. The third kappa shape index (κ3) is 4.32. The Bertz CT molecular complexity index is 1750. The number of nitrogens with zero attached hydrogens (tertiary/aromatic N) is 2. The summed E-state index contributed by atoms with van der Waals surface area (Å²) in [4.78, 5) is 19.5. The van der Waals surface area contributed by atoms with Crippen LogP contribution >= 0.6 is 27.3 Å². The quantitative estimate of drug-likeness (QED) is 0.284. The molecular weight excluding hydrogens is 551 g/mol. The van der Waals surface area contributed by atoms with Crippen LogP contribution in [-0.4, -0.2) is 11.2 Å². The highest BCUT2D eigenvalue weighted by Gasteiger charge is 2.32. The lowest BCUT2D eigenvalue weighted by atomic mass is 9.83. The molecule has 2 aliphatic rings. The van der Waals surface area contributed by atoms with Crippen molar-refractivity contribution in [3.8, 4) is 5.75 Å². The SMILES string of the molecule is C=CCOc1ccc(C=c2sc3n(c2=O)C(c2ccc(F)cc2)C2=C(N=3)c3ccccc3CC2)cc1Br. The minimum Gasteiger partial charge on any atom is -0.488 e. The van der Waals surface area contributed by atoms with Crippen molar-refractivity contribution in [2.45, 2.75) is 18.9 Å². The summed E-state index contributed by atoms with van der Waals surface area (Å²) in [6, 6.07) is 20.1. The van der Waals surface area contributed by atoms with Crippen LogP contribution in [0.1, 0.15) is 34.7 Å². The predicted octanol–water partition coefficient (Wildman–Crippen LogP) is 5.79. The Morgan fingerprint density at radius 1 is 1.14 bits per heavy atom. The molecule has 0 amide bonds. The molecule has 37 heavy (non-hydrogen) atoms. The van der Waals surface area contributed by atoms with Gasteiger partial charge >= 0.3 is 0 Å². The molecule has 0 bridgehead atoms. The first-order valence-electron chi connectivity index (χ1n) is 12.0. The van der Waals surface area contributed by atoms with Crippen molar-refractivity contribution in [2.24, 2.45) is 4.99 Å². The smallest absolute Gasteiger partial charge is 0.271 e. The average molecular weight is 573 g/mol. The Morgan fingerprint density at radius 3 is 2.73 bits per heavy atom. The number of aryl methyl sites for hydroxylation is 1. The van der Waals surface area contributed by atoms with Gasteiger partial charge < -0.3 is 4.74 Å². The second kappa shape index (κ2) is 9.72. The summed E-state index contributed by atoms with van der Waals surface area (Å²) >= 11 is 4.93. The maximum absolute atomic E-state index is 13.8. The second-order valence-electron chi connectivity index (χ2n) is 8.95. The summed E-state index contributed by atoms with van der Waals surface area (Å²) in [5.74, 6) is 0.409. The van der Waals surface area contributed by atoms with Crippen LogP contribution in [0.2, 0.25) is 0 Å². The number of benzene rings is 3. The number of aromatic nitrogens is 1. The van der Waals surface area contributed by atoms with Gasteiger partial charge in [0, 0.05) is 5.56 Å². The van der Waals surface area contributed by atoms with Gasteiger partial charge in [0.2, 0.25) is 0 Å². The largest absolute Gasteiger partial charge is 0.488 e. The standard InChI is InChI=1S/C30H22BrFN2O2S/c1-2-15-36-25-14-7-18(16-24(25)31)17-26-29(35)34-28(20-8-11-21(32)12-9-20)23-13-10-19-5-3-4-6-22(19)27(23)33-30(34)37-26/h2-9,11-12,14,16-17,28H,1,10,13,15H2. The second-order valence-corrected chi connectivity index (χ2v) is 10.8. The van der Waals surface area contributed by atoms with Crippen LogP contribution in [0.15, 0.2) is 99.2 Å². The van der Waals surface area contributed by atoms with Gasteiger partial charge in [0.25, 0.3) is 5.56 Å². The lowest BCUT2D eigenvalue weighted by Crippen LogP contribution is -2.38. The molecule has 7 heteroatoms. The molecule has 0 spiro atoms. The highest BCUT2D eigenvalue weighted by atomic mass is 79.9. The maximum Gasteiger partial charge on any atom is 0.271 e. The Hall–Kier alpha value is -3.55. The van der Waals surface area contributed by atoms with Gasteiger partial charge in [-0.05, 0) is 81.4 Å². The number of fused-ring (bicyclic) bond motifs is 3. The summed E-state index contributed by atoms with van der Waals surface area (Å²) < 4.78 is 22.6. The van der Waals surface area contributed by atoms with Crippen LogP contribution in [0, 0.1) is 5.82 Å². The summed E-state index contributed by atoms with van der Waals surface area (Å²) in [6.07, 6.45) is 5.24. The van der Waals surface area contributed by atoms with Crippen molar-refractivity contribution >= 4 is 39.0 Å². The Morgan fingerprint density at radius 2 is 1.95 bits per heavy atom. The van der Waals surface area contributed by atoms with Crippen molar-refractivity contribution in [1.82, 2.24) is 4.57 Å². The molecule has 2 heterocycles. The molecule has 1 atom stereocenters. The van der Waals surface area contributed by atoms with Gasteiger partial charge in [-0.2, -0.15) is 0 Å². The van der Waals surface area contributed by atoms with Crippen LogP contribution in [0.4, 0.5) is 4.39 Å². The number of ether oxygens (including phenoxy) is 1. The van der Waals surface area contributed by atoms with Gasteiger partial charge in [-0.25, -0.2) is 9.38 Å². The fourth-order valence-corrected chi connectivity index (χ4v) is 6.50. The van der Waals surface area contributed by atoms with Crippen LogP contribution in [0.25, 0.3) is 11.8 Å². The highest BCUT2D eigenvalue weighted by molar-refractivity contribution is 9.10. The Balaban J connectivity index is 1.53. The summed E-state index contributed by atoms with van der Waals surface area (Å²) in [7, 11) is 0. The number of rotatable bonds is 5. The van der Waals surface area contributed by atoms with E-state index in [0.29, 0.717) is 21.7 Å². The molecule has 4 nitrogen and oxygen atoms in total. The van der Waals surface area contributed by atoms with Crippen LogP contribution < -0.4 is 19.6 Å². The normalized spacial score (nSPS) is 16.5. The highest BCUT2D eigenvalue weighted by Crippen LogP contribution is 2.41. The molecular formula is C30H22BrFN2O2S. The zero-order chi connectivity index (χ0) is 25.5. The maximum atomic E-state index is 13.8. The van der Waals surface area contributed by atoms with Crippen molar-refractivity contribution in [2.75, 3.05) is 6.61 Å². The molecule has 0 saturated carbocycles. The van der Waals surface area contributed by atoms with Crippen LogP contribution in [0.3, 0.4) is 0 Å². The third-order valence-corrected chi connectivity index (χ3v) is 8.27. The monoisotopic (exact) mass is 572 g/mol. The minimum absolute atomic E-state index is 0.105. The zero-order valence-electron chi connectivity index (χ0n) is 19.8. The van der Waals surface area contributed by atoms with Gasteiger partial charge in [-0.15, -0.1) is 0 Å². The van der Waals surface area contributed by atoms with Gasteiger partial charge in [-0.1, -0.05) is 66.5 Å². The molecule has 1 unspecified atom stereocenters. The average Bonchev–Trinajstić information content (AvgIpc) is 3.22. The van der Waals surface area contributed by atoms with E-state index in [2.05, 4.69) is 34.6 Å². The number of hydrogen-bond acceptors (Lipinski definition) is 4. The van der Waals surface area contributed by atoms with E-state index < -0.39 is 0 Å². The molecule has 3 aromatic carbocycles. The zero-order valence-corrected chi connectivity index (χ0v) is 22.2. The van der Waals surface area contributed by atoms with Crippen molar-refractivity contribution in [1.29, 1.82) is 0 Å². The lowest BCUT2D eigenvalue weighted by molar-refractivity contribution is 0.361. The minimum atomic E-state index is -0.330. The predicted molar refractivity (Wildman–Crippen MR) is 149 cm³/mol. The van der Waals surface area contributed by atoms with Crippen molar-refractivity contribution < 1.29 is 9.13 Å². The summed E-state index contributed by atoms with van der Waals surface area (Å²) in [6.45, 7) is 4.09. The van der Waals surface area contributed by atoms with Crippen molar-refractivity contribution in [3.05, 3.63) is 137 Å². The van der Waals surface area contributed by atoms with Gasteiger partial charge in [0.1, 0.15) is 18.2 Å². The van der Waals surface area contributed by atoms with E-state index in [4.69, 9.17) is 9.73 Å². The Labute approximate surface area is 225 Å². The molecule has 1 aliphatic heterocycles. The summed E-state index contributed by atoms with van der Waals surface area (Å²) in [5.41, 5.74) is 6.02. The fourth-order valence-electron chi connectivity index (χ4n) is 4.99. The van der Waals surface area contributed by atoms with Gasteiger partial charge in [0.05, 0.1) is 20.7 Å². The van der Waals surface area contributed by atoms with E-state index in [1.165, 1.54) is 29.0 Å². The van der Waals surface area contributed by atoms with Gasteiger partial charge in [0.15, 0.2) is 4.80 Å². The molecule has 0 N–H and O–H groups in total. The molecule has 1 aromatic heterocycles. The first kappa shape index (κ1) is 23.8. The number of thiazole rings is 1. The van der Waals surface area contributed by atoms with E-state index in [-0.39, 0.29) is 17.4 Å². The molecule has 0 saturated heterocycles. The third-order valence-electron chi connectivity index (χ3n) is 6.67. The molecule has 4 aromatic rings. The fraction of sp³-hybridized carbons (Fsp3) is 0.133.